The van der Waals surface area contributed by atoms with Gasteiger partial charge in [-0.05, 0) is 66.5 Å². The number of hydrogen-bond donors (Lipinski definition) is 1. The normalized spacial score (nSPS) is 18.5. The molecule has 4 heteroatoms. The molecule has 1 unspecified atom stereocenters. The minimum absolute atomic E-state index is 0.617. The third-order valence-corrected chi connectivity index (χ3v) is 5.00. The number of likely N-dealkylation sites (tertiary alicyclic amines) is 1. The number of hydrogen-bond acceptors (Lipinski definition) is 2. The van der Waals surface area contributed by atoms with E-state index in [9.17, 15) is 0 Å². The second kappa shape index (κ2) is 7.63. The molecule has 2 nitrogen and oxygen atoms in total. The van der Waals surface area contributed by atoms with Crippen molar-refractivity contribution in [1.29, 1.82) is 0 Å². The van der Waals surface area contributed by atoms with Gasteiger partial charge in [-0.15, -0.1) is 0 Å². The summed E-state index contributed by atoms with van der Waals surface area (Å²) in [6.07, 6.45) is 4.10. The highest BCUT2D eigenvalue weighted by Crippen LogP contribution is 2.23. The van der Waals surface area contributed by atoms with Crippen LogP contribution in [-0.2, 0) is 6.54 Å². The van der Waals surface area contributed by atoms with Crippen molar-refractivity contribution in [2.45, 2.75) is 38.8 Å². The molecule has 1 aromatic rings. The van der Waals surface area contributed by atoms with Crippen LogP contribution in [0, 0.1) is 0 Å². The summed E-state index contributed by atoms with van der Waals surface area (Å²) in [6.45, 7) is 6.74. The lowest BCUT2D eigenvalue weighted by molar-refractivity contribution is 0.170. The minimum Gasteiger partial charge on any atom is -0.311 e. The first kappa shape index (κ1) is 15.3. The zero-order valence-electron chi connectivity index (χ0n) is 11.5. The van der Waals surface area contributed by atoms with Gasteiger partial charge in [0.1, 0.15) is 0 Å². The predicted octanol–water partition coefficient (Wildman–Crippen LogP) is 4.07. The van der Waals surface area contributed by atoms with Crippen LogP contribution in [-0.4, -0.2) is 30.6 Å². The van der Waals surface area contributed by atoms with E-state index in [2.05, 4.69) is 39.1 Å². The molecule has 0 amide bonds. The first-order valence-corrected chi connectivity index (χ1v) is 8.22. The van der Waals surface area contributed by atoms with Crippen molar-refractivity contribution >= 4 is 27.5 Å². The van der Waals surface area contributed by atoms with Gasteiger partial charge in [0, 0.05) is 23.6 Å². The van der Waals surface area contributed by atoms with E-state index in [1.54, 1.807) is 0 Å². The zero-order chi connectivity index (χ0) is 13.7. The van der Waals surface area contributed by atoms with Crippen LogP contribution >= 0.6 is 27.5 Å². The standard InChI is InChI=1S/C15H22BrClN2/c1-12(19-7-3-2-4-8-19)10-18-11-13-5-6-14(16)15(17)9-13/h5-6,9,12,18H,2-4,7-8,10-11H2,1H3. The molecule has 0 aliphatic carbocycles. The number of halogens is 2. The van der Waals surface area contributed by atoms with Crippen LogP contribution in [0.1, 0.15) is 31.7 Å². The molecule has 1 atom stereocenters. The number of piperidine rings is 1. The Balaban J connectivity index is 1.74. The van der Waals surface area contributed by atoms with Crippen LogP contribution < -0.4 is 5.32 Å². The predicted molar refractivity (Wildman–Crippen MR) is 85.7 cm³/mol. The minimum atomic E-state index is 0.617. The maximum Gasteiger partial charge on any atom is 0.0551 e. The third-order valence-electron chi connectivity index (χ3n) is 3.77. The fourth-order valence-electron chi connectivity index (χ4n) is 2.56. The fraction of sp³-hybridized carbons (Fsp3) is 0.600. The van der Waals surface area contributed by atoms with Crippen molar-refractivity contribution in [1.82, 2.24) is 10.2 Å². The molecule has 1 fully saturated rings. The van der Waals surface area contributed by atoms with Gasteiger partial charge in [0.2, 0.25) is 0 Å². The van der Waals surface area contributed by atoms with Gasteiger partial charge in [-0.25, -0.2) is 0 Å². The number of nitrogens with one attached hydrogen (secondary N) is 1. The van der Waals surface area contributed by atoms with Gasteiger partial charge < -0.3 is 5.32 Å². The van der Waals surface area contributed by atoms with Gasteiger partial charge in [0.05, 0.1) is 5.02 Å². The average molecular weight is 346 g/mol. The van der Waals surface area contributed by atoms with E-state index >= 15 is 0 Å². The zero-order valence-corrected chi connectivity index (χ0v) is 13.8. The maximum atomic E-state index is 6.09. The number of rotatable bonds is 5. The second-order valence-corrected chi connectivity index (χ2v) is 6.59. The molecule has 19 heavy (non-hydrogen) atoms. The summed E-state index contributed by atoms with van der Waals surface area (Å²) < 4.78 is 0.958. The summed E-state index contributed by atoms with van der Waals surface area (Å²) in [6, 6.07) is 6.75. The molecular formula is C15H22BrClN2. The average Bonchev–Trinajstić information content (AvgIpc) is 2.43. The van der Waals surface area contributed by atoms with E-state index < -0.39 is 0 Å². The quantitative estimate of drug-likeness (QED) is 0.865. The summed E-state index contributed by atoms with van der Waals surface area (Å²) in [5.74, 6) is 0. The molecule has 0 bridgehead atoms. The molecule has 0 radical (unpaired) electrons. The summed E-state index contributed by atoms with van der Waals surface area (Å²) in [7, 11) is 0. The molecule has 1 aliphatic rings. The van der Waals surface area contributed by atoms with Gasteiger partial charge in [0.25, 0.3) is 0 Å². The van der Waals surface area contributed by atoms with Crippen LogP contribution in [0.2, 0.25) is 5.02 Å². The molecule has 0 aromatic heterocycles. The first-order chi connectivity index (χ1) is 9.16. The smallest absolute Gasteiger partial charge is 0.0551 e. The number of nitrogens with zero attached hydrogens (tertiary/aromatic N) is 1. The molecule has 0 spiro atoms. The van der Waals surface area contributed by atoms with Gasteiger partial charge >= 0.3 is 0 Å². The Morgan fingerprint density at radius 1 is 1.32 bits per heavy atom. The van der Waals surface area contributed by atoms with Crippen LogP contribution in [0.3, 0.4) is 0 Å². The topological polar surface area (TPSA) is 15.3 Å². The van der Waals surface area contributed by atoms with E-state index in [0.29, 0.717) is 6.04 Å². The first-order valence-electron chi connectivity index (χ1n) is 7.05. The van der Waals surface area contributed by atoms with Gasteiger partial charge in [-0.1, -0.05) is 24.1 Å². The van der Waals surface area contributed by atoms with E-state index in [4.69, 9.17) is 11.6 Å². The van der Waals surface area contributed by atoms with Crippen molar-refractivity contribution in [2.75, 3.05) is 19.6 Å². The monoisotopic (exact) mass is 344 g/mol. The summed E-state index contributed by atoms with van der Waals surface area (Å²) >= 11 is 9.51. The van der Waals surface area contributed by atoms with Crippen molar-refractivity contribution in [2.24, 2.45) is 0 Å². The van der Waals surface area contributed by atoms with Crippen LogP contribution in [0.15, 0.2) is 22.7 Å². The lowest BCUT2D eigenvalue weighted by Gasteiger charge is -2.32. The van der Waals surface area contributed by atoms with Crippen LogP contribution in [0.5, 0.6) is 0 Å². The van der Waals surface area contributed by atoms with E-state index in [1.165, 1.54) is 37.9 Å². The van der Waals surface area contributed by atoms with E-state index in [1.807, 2.05) is 12.1 Å². The van der Waals surface area contributed by atoms with Crippen LogP contribution in [0.25, 0.3) is 0 Å². The molecule has 1 aromatic carbocycles. The van der Waals surface area contributed by atoms with Crippen molar-refractivity contribution in [3.05, 3.63) is 33.3 Å². The molecule has 0 saturated carbocycles. The molecule has 1 heterocycles. The largest absolute Gasteiger partial charge is 0.311 e. The van der Waals surface area contributed by atoms with Crippen molar-refractivity contribution < 1.29 is 0 Å². The molecule has 1 aliphatic heterocycles. The SMILES string of the molecule is CC(CNCc1ccc(Br)c(Cl)c1)N1CCCCC1. The Morgan fingerprint density at radius 2 is 2.05 bits per heavy atom. The summed E-state index contributed by atoms with van der Waals surface area (Å²) in [4.78, 5) is 2.59. The maximum absolute atomic E-state index is 6.09. The molecule has 2 rings (SSSR count). The Kier molecular flexibility index (Phi) is 6.14. The fourth-order valence-corrected chi connectivity index (χ4v) is 3.01. The van der Waals surface area contributed by atoms with E-state index in [0.717, 1.165) is 22.6 Å². The van der Waals surface area contributed by atoms with Gasteiger partial charge in [-0.2, -0.15) is 0 Å². The highest BCUT2D eigenvalue weighted by atomic mass is 79.9. The number of benzene rings is 1. The highest BCUT2D eigenvalue weighted by Gasteiger charge is 2.15. The highest BCUT2D eigenvalue weighted by molar-refractivity contribution is 9.10. The van der Waals surface area contributed by atoms with Crippen LogP contribution in [0.4, 0.5) is 0 Å². The lowest BCUT2D eigenvalue weighted by Crippen LogP contribution is -2.42. The van der Waals surface area contributed by atoms with E-state index in [-0.39, 0.29) is 0 Å². The Labute approximate surface area is 129 Å². The lowest BCUT2D eigenvalue weighted by atomic mass is 10.1. The Morgan fingerprint density at radius 3 is 2.74 bits per heavy atom. The third kappa shape index (κ3) is 4.75. The van der Waals surface area contributed by atoms with Gasteiger partial charge in [-0.3, -0.25) is 4.90 Å². The molecule has 106 valence electrons. The van der Waals surface area contributed by atoms with Gasteiger partial charge in [0.15, 0.2) is 0 Å². The second-order valence-electron chi connectivity index (χ2n) is 5.33. The molecule has 1 saturated heterocycles. The van der Waals surface area contributed by atoms with Crippen molar-refractivity contribution in [3.8, 4) is 0 Å². The van der Waals surface area contributed by atoms with Crippen molar-refractivity contribution in [3.63, 3.8) is 0 Å². The Hall–Kier alpha value is -0.0900. The molecule has 1 N–H and O–H groups in total. The summed E-state index contributed by atoms with van der Waals surface area (Å²) in [5, 5.41) is 4.31. The molecular weight excluding hydrogens is 324 g/mol. The summed E-state index contributed by atoms with van der Waals surface area (Å²) in [5.41, 5.74) is 1.24. The Bertz CT molecular complexity index is 405.